The summed E-state index contributed by atoms with van der Waals surface area (Å²) in [6, 6.07) is 11.3. The highest BCUT2D eigenvalue weighted by Crippen LogP contribution is 2.37. The van der Waals surface area contributed by atoms with E-state index in [1.807, 2.05) is 49.7 Å². The van der Waals surface area contributed by atoms with E-state index in [-0.39, 0.29) is 12.1 Å². The van der Waals surface area contributed by atoms with Crippen molar-refractivity contribution in [2.24, 2.45) is 0 Å². The Balaban J connectivity index is 1.59. The van der Waals surface area contributed by atoms with Gasteiger partial charge in [0.15, 0.2) is 5.65 Å². The third-order valence-corrected chi connectivity index (χ3v) is 6.18. The van der Waals surface area contributed by atoms with Gasteiger partial charge in [0.25, 0.3) is 0 Å². The summed E-state index contributed by atoms with van der Waals surface area (Å²) in [6.07, 6.45) is 6.53. The van der Waals surface area contributed by atoms with E-state index in [4.69, 9.17) is 9.72 Å². The van der Waals surface area contributed by atoms with Crippen LogP contribution in [0.2, 0.25) is 0 Å². The number of hydrogen-bond acceptors (Lipinski definition) is 8. The molecule has 1 saturated heterocycles. The summed E-state index contributed by atoms with van der Waals surface area (Å²) in [4.78, 5) is 35.0. The van der Waals surface area contributed by atoms with Crippen LogP contribution in [0.1, 0.15) is 33.3 Å². The van der Waals surface area contributed by atoms with E-state index in [2.05, 4.69) is 32.8 Å². The molecule has 10 nitrogen and oxygen atoms in total. The molecule has 10 heteroatoms. The van der Waals surface area contributed by atoms with Gasteiger partial charge in [0.1, 0.15) is 23.6 Å². The number of rotatable bonds is 3. The van der Waals surface area contributed by atoms with Crippen molar-refractivity contribution in [2.45, 2.75) is 39.3 Å². The van der Waals surface area contributed by atoms with Crippen molar-refractivity contribution in [3.63, 3.8) is 0 Å². The maximum atomic E-state index is 12.7. The van der Waals surface area contributed by atoms with E-state index in [0.29, 0.717) is 36.7 Å². The maximum absolute atomic E-state index is 12.7. The predicted octanol–water partition coefficient (Wildman–Crippen LogP) is 4.19. The summed E-state index contributed by atoms with van der Waals surface area (Å²) < 4.78 is 7.45. The number of pyridine rings is 2. The average molecular weight is 497 g/mol. The van der Waals surface area contributed by atoms with E-state index in [0.717, 1.165) is 22.5 Å². The van der Waals surface area contributed by atoms with Crippen LogP contribution in [0.15, 0.2) is 55.2 Å². The van der Waals surface area contributed by atoms with Crippen LogP contribution in [0.4, 0.5) is 10.6 Å². The van der Waals surface area contributed by atoms with E-state index >= 15 is 0 Å². The Morgan fingerprint density at radius 1 is 1.11 bits per heavy atom. The number of aromatic nitrogens is 5. The molecule has 1 aliphatic heterocycles. The Hall–Kier alpha value is -4.52. The van der Waals surface area contributed by atoms with Crippen molar-refractivity contribution < 1.29 is 9.53 Å². The Labute approximate surface area is 215 Å². The van der Waals surface area contributed by atoms with Crippen molar-refractivity contribution in [1.82, 2.24) is 29.4 Å². The molecule has 1 atom stereocenters. The molecule has 5 heterocycles. The lowest BCUT2D eigenvalue weighted by atomic mass is 10.1. The van der Waals surface area contributed by atoms with Crippen molar-refractivity contribution in [1.29, 1.82) is 5.26 Å². The molecule has 1 amide bonds. The van der Waals surface area contributed by atoms with Gasteiger partial charge in [-0.3, -0.25) is 9.55 Å². The monoisotopic (exact) mass is 496 g/mol. The highest BCUT2D eigenvalue weighted by molar-refractivity contribution is 6.01. The highest BCUT2D eigenvalue weighted by atomic mass is 16.6. The highest BCUT2D eigenvalue weighted by Gasteiger charge is 2.32. The largest absolute Gasteiger partial charge is 0.444 e. The Morgan fingerprint density at radius 3 is 2.65 bits per heavy atom. The van der Waals surface area contributed by atoms with Gasteiger partial charge >= 0.3 is 6.09 Å². The van der Waals surface area contributed by atoms with Crippen molar-refractivity contribution in [3.05, 3.63) is 60.8 Å². The zero-order valence-electron chi connectivity index (χ0n) is 21.3. The number of piperazine rings is 1. The zero-order valence-corrected chi connectivity index (χ0v) is 21.3. The zero-order chi connectivity index (χ0) is 26.2. The molecule has 4 aromatic rings. The number of amides is 1. The van der Waals surface area contributed by atoms with Crippen LogP contribution in [-0.4, -0.2) is 66.8 Å². The van der Waals surface area contributed by atoms with Gasteiger partial charge in [-0.15, -0.1) is 0 Å². The van der Waals surface area contributed by atoms with E-state index in [1.165, 1.54) is 6.33 Å². The molecule has 1 fully saturated rings. The van der Waals surface area contributed by atoms with E-state index in [9.17, 15) is 10.1 Å². The van der Waals surface area contributed by atoms with E-state index in [1.54, 1.807) is 29.4 Å². The second-order valence-electron chi connectivity index (χ2n) is 10.0. The topological polar surface area (TPSA) is 113 Å². The molecule has 5 rings (SSSR count). The maximum Gasteiger partial charge on any atom is 0.410 e. The lowest BCUT2D eigenvalue weighted by Crippen LogP contribution is -2.54. The number of carbonyl (C=O) groups excluding carboxylic acids is 1. The van der Waals surface area contributed by atoms with Crippen LogP contribution in [0.25, 0.3) is 28.1 Å². The minimum absolute atomic E-state index is 0.0145. The molecule has 1 aliphatic rings. The summed E-state index contributed by atoms with van der Waals surface area (Å²) in [5.74, 6) is 1.34. The van der Waals surface area contributed by atoms with Gasteiger partial charge in [-0.2, -0.15) is 5.26 Å². The predicted molar refractivity (Wildman–Crippen MR) is 139 cm³/mol. The van der Waals surface area contributed by atoms with Crippen molar-refractivity contribution >= 4 is 22.9 Å². The first kappa shape index (κ1) is 24.2. The van der Waals surface area contributed by atoms with Crippen molar-refractivity contribution in [2.75, 3.05) is 24.5 Å². The number of hydrogen-bond donors (Lipinski definition) is 0. The van der Waals surface area contributed by atoms with Crippen LogP contribution < -0.4 is 4.90 Å². The summed E-state index contributed by atoms with van der Waals surface area (Å²) in [5, 5.41) is 10.2. The summed E-state index contributed by atoms with van der Waals surface area (Å²) in [6.45, 7) is 9.27. The first-order valence-electron chi connectivity index (χ1n) is 12.1. The molecule has 0 aromatic carbocycles. The molecule has 37 heavy (non-hydrogen) atoms. The van der Waals surface area contributed by atoms with Gasteiger partial charge in [0, 0.05) is 49.8 Å². The molecule has 0 bridgehead atoms. The normalized spacial score (nSPS) is 16.0. The van der Waals surface area contributed by atoms with Gasteiger partial charge in [-0.1, -0.05) is 6.07 Å². The van der Waals surface area contributed by atoms with Crippen LogP contribution in [0.3, 0.4) is 0 Å². The summed E-state index contributed by atoms with van der Waals surface area (Å²) in [5.41, 5.74) is 2.26. The molecule has 0 saturated carbocycles. The van der Waals surface area contributed by atoms with Crippen LogP contribution in [0, 0.1) is 11.3 Å². The molecule has 0 N–H and O–H groups in total. The number of ether oxygens (including phenoxy) is 1. The minimum Gasteiger partial charge on any atom is -0.444 e. The molecular formula is C27H28N8O2. The molecule has 0 radical (unpaired) electrons. The Morgan fingerprint density at radius 2 is 1.95 bits per heavy atom. The quantitative estimate of drug-likeness (QED) is 0.415. The second-order valence-corrected chi connectivity index (χ2v) is 10.0. The second kappa shape index (κ2) is 9.50. The number of nitrogens with zero attached hydrogens (tertiary/aromatic N) is 8. The van der Waals surface area contributed by atoms with Gasteiger partial charge in [-0.05, 0) is 52.0 Å². The molecule has 188 valence electrons. The fraction of sp³-hybridized carbons (Fsp3) is 0.333. The minimum atomic E-state index is -0.548. The first-order valence-corrected chi connectivity index (χ1v) is 12.1. The number of nitriles is 1. The summed E-state index contributed by atoms with van der Waals surface area (Å²) >= 11 is 0. The fourth-order valence-electron chi connectivity index (χ4n) is 4.54. The summed E-state index contributed by atoms with van der Waals surface area (Å²) in [7, 11) is 0. The van der Waals surface area contributed by atoms with Crippen LogP contribution in [0.5, 0.6) is 0 Å². The SMILES string of the molecule is C[C@H]1CN(C(=O)OC(C)(C)C)CCN1c1ncnc2c1c(-c1ccccn1)cn2-c1cc(C#N)ccn1. The molecule has 0 aliphatic carbocycles. The number of anilines is 1. The molecule has 4 aromatic heterocycles. The Bertz CT molecular complexity index is 1490. The Kier molecular flexibility index (Phi) is 6.21. The molecular weight excluding hydrogens is 468 g/mol. The number of carbonyl (C=O) groups is 1. The van der Waals surface area contributed by atoms with Gasteiger partial charge in [0.2, 0.25) is 0 Å². The molecule has 0 spiro atoms. The number of fused-ring (bicyclic) bond motifs is 1. The first-order chi connectivity index (χ1) is 17.7. The molecule has 0 unspecified atom stereocenters. The van der Waals surface area contributed by atoms with Crippen LogP contribution >= 0.6 is 0 Å². The lowest BCUT2D eigenvalue weighted by Gasteiger charge is -2.41. The third-order valence-electron chi connectivity index (χ3n) is 6.18. The fourth-order valence-corrected chi connectivity index (χ4v) is 4.54. The van der Waals surface area contributed by atoms with Gasteiger partial charge in [-0.25, -0.2) is 19.7 Å². The van der Waals surface area contributed by atoms with Gasteiger partial charge in [0.05, 0.1) is 22.7 Å². The standard InChI is InChI=1S/C27H28N8O2/c1-18-15-33(26(36)37-27(2,3)4)11-12-34(18)24-23-20(21-7-5-6-9-29-21)16-35(25(23)32-17-31-24)22-13-19(14-28)8-10-30-22/h5-10,13,16-18H,11-12,15H2,1-4H3/t18-/m0/s1. The third kappa shape index (κ3) is 4.80. The van der Waals surface area contributed by atoms with Gasteiger partial charge < -0.3 is 14.5 Å². The van der Waals surface area contributed by atoms with Crippen molar-refractivity contribution in [3.8, 4) is 23.1 Å². The average Bonchev–Trinajstić information content (AvgIpc) is 3.28. The van der Waals surface area contributed by atoms with Crippen LogP contribution in [-0.2, 0) is 4.74 Å². The smallest absolute Gasteiger partial charge is 0.410 e. The lowest BCUT2D eigenvalue weighted by molar-refractivity contribution is 0.0218. The van der Waals surface area contributed by atoms with E-state index < -0.39 is 5.60 Å².